The predicted octanol–water partition coefficient (Wildman–Crippen LogP) is 4.06. The van der Waals surface area contributed by atoms with Crippen LogP contribution in [0.4, 0.5) is 0 Å². The maximum Gasteiger partial charge on any atom is 0.137 e. The van der Waals surface area contributed by atoms with Gasteiger partial charge in [0.15, 0.2) is 0 Å². The number of carbonyl (C=O) groups excluding carboxylic acids is 1. The first-order valence-electron chi connectivity index (χ1n) is 7.29. The van der Waals surface area contributed by atoms with E-state index in [0.717, 1.165) is 23.3 Å². The second-order valence-electron chi connectivity index (χ2n) is 5.52. The number of hydrogen-bond acceptors (Lipinski definition) is 2. The van der Waals surface area contributed by atoms with Crippen LogP contribution in [-0.4, -0.2) is 12.9 Å². The number of rotatable bonds is 6. The highest BCUT2D eigenvalue weighted by atomic mass is 16.5. The van der Waals surface area contributed by atoms with Crippen LogP contribution in [0.5, 0.6) is 5.75 Å². The second kappa shape index (κ2) is 7.07. The molecule has 0 aliphatic rings. The van der Waals surface area contributed by atoms with Crippen molar-refractivity contribution in [2.45, 2.75) is 33.1 Å². The van der Waals surface area contributed by atoms with Gasteiger partial charge in [-0.1, -0.05) is 47.5 Å². The molecule has 0 spiro atoms. The van der Waals surface area contributed by atoms with Crippen molar-refractivity contribution in [3.05, 3.63) is 64.7 Å². The molecular weight excluding hydrogens is 260 g/mol. The zero-order chi connectivity index (χ0) is 15.2. The van der Waals surface area contributed by atoms with Crippen LogP contribution < -0.4 is 4.74 Å². The molecule has 2 heteroatoms. The number of ketones is 1. The number of carbonyl (C=O) groups is 1. The Balaban J connectivity index is 1.97. The third kappa shape index (κ3) is 4.45. The Labute approximate surface area is 126 Å². The molecule has 2 aromatic carbocycles. The molecule has 2 aromatic rings. The van der Waals surface area contributed by atoms with Gasteiger partial charge < -0.3 is 4.74 Å². The molecular formula is C19H22O2. The van der Waals surface area contributed by atoms with Gasteiger partial charge in [-0.05, 0) is 31.9 Å². The van der Waals surface area contributed by atoms with E-state index in [9.17, 15) is 4.79 Å². The van der Waals surface area contributed by atoms with Crippen molar-refractivity contribution in [2.24, 2.45) is 0 Å². The molecule has 21 heavy (non-hydrogen) atoms. The van der Waals surface area contributed by atoms with E-state index in [0.29, 0.717) is 12.8 Å². The van der Waals surface area contributed by atoms with Gasteiger partial charge in [0.2, 0.25) is 0 Å². The summed E-state index contributed by atoms with van der Waals surface area (Å²) in [6, 6.07) is 14.3. The monoisotopic (exact) mass is 282 g/mol. The fourth-order valence-electron chi connectivity index (χ4n) is 2.50. The minimum Gasteiger partial charge on any atom is -0.496 e. The van der Waals surface area contributed by atoms with E-state index in [1.54, 1.807) is 7.11 Å². The van der Waals surface area contributed by atoms with Crippen LogP contribution in [-0.2, 0) is 17.6 Å². The van der Waals surface area contributed by atoms with Crippen LogP contribution in [0.25, 0.3) is 0 Å². The van der Waals surface area contributed by atoms with Gasteiger partial charge in [-0.2, -0.15) is 0 Å². The van der Waals surface area contributed by atoms with Gasteiger partial charge in [0.1, 0.15) is 11.5 Å². The molecule has 0 aliphatic carbocycles. The summed E-state index contributed by atoms with van der Waals surface area (Å²) in [5.41, 5.74) is 4.59. The molecule has 110 valence electrons. The summed E-state index contributed by atoms with van der Waals surface area (Å²) in [6.45, 7) is 4.10. The fraction of sp³-hybridized carbons (Fsp3) is 0.316. The Hall–Kier alpha value is -2.09. The van der Waals surface area contributed by atoms with Crippen molar-refractivity contribution < 1.29 is 9.53 Å². The third-order valence-electron chi connectivity index (χ3n) is 3.60. The maximum absolute atomic E-state index is 12.2. The van der Waals surface area contributed by atoms with E-state index in [1.165, 1.54) is 11.1 Å². The van der Waals surface area contributed by atoms with Crippen molar-refractivity contribution in [1.29, 1.82) is 0 Å². The van der Waals surface area contributed by atoms with Gasteiger partial charge in [-0.15, -0.1) is 0 Å². The highest BCUT2D eigenvalue weighted by molar-refractivity contribution is 5.81. The molecule has 0 bridgehead atoms. The molecule has 0 unspecified atom stereocenters. The number of hydrogen-bond donors (Lipinski definition) is 0. The highest BCUT2D eigenvalue weighted by Crippen LogP contribution is 2.21. The SMILES string of the molecule is COc1ccc(C)cc1CC(=O)CCc1cccc(C)c1. The summed E-state index contributed by atoms with van der Waals surface area (Å²) in [6.07, 6.45) is 1.81. The summed E-state index contributed by atoms with van der Waals surface area (Å²) in [5.74, 6) is 1.05. The summed E-state index contributed by atoms with van der Waals surface area (Å²) < 4.78 is 5.33. The minimum absolute atomic E-state index is 0.250. The first-order chi connectivity index (χ1) is 10.1. The summed E-state index contributed by atoms with van der Waals surface area (Å²) >= 11 is 0. The molecule has 2 nitrogen and oxygen atoms in total. The Morgan fingerprint density at radius 3 is 2.52 bits per heavy atom. The highest BCUT2D eigenvalue weighted by Gasteiger charge is 2.09. The molecule has 0 heterocycles. The molecule has 0 aliphatic heterocycles. The van der Waals surface area contributed by atoms with E-state index < -0.39 is 0 Å². The van der Waals surface area contributed by atoms with Crippen LogP contribution in [0.15, 0.2) is 42.5 Å². The molecule has 0 saturated heterocycles. The summed E-state index contributed by atoms with van der Waals surface area (Å²) in [4.78, 5) is 12.2. The normalized spacial score (nSPS) is 10.4. The van der Waals surface area contributed by atoms with Crippen molar-refractivity contribution in [3.63, 3.8) is 0 Å². The van der Waals surface area contributed by atoms with Crippen LogP contribution >= 0.6 is 0 Å². The number of benzene rings is 2. The number of ether oxygens (including phenoxy) is 1. The van der Waals surface area contributed by atoms with Gasteiger partial charge in [0.05, 0.1) is 7.11 Å². The summed E-state index contributed by atoms with van der Waals surface area (Å²) in [7, 11) is 1.64. The third-order valence-corrected chi connectivity index (χ3v) is 3.60. The average Bonchev–Trinajstić information content (AvgIpc) is 2.45. The number of methoxy groups -OCH3 is 1. The average molecular weight is 282 g/mol. The van der Waals surface area contributed by atoms with Gasteiger partial charge >= 0.3 is 0 Å². The molecule has 0 aromatic heterocycles. The smallest absolute Gasteiger partial charge is 0.137 e. The van der Waals surface area contributed by atoms with E-state index >= 15 is 0 Å². The first-order valence-corrected chi connectivity index (χ1v) is 7.29. The fourth-order valence-corrected chi connectivity index (χ4v) is 2.50. The minimum atomic E-state index is 0.250. The molecule has 0 atom stereocenters. The first kappa shape index (κ1) is 15.3. The van der Waals surface area contributed by atoms with E-state index in [4.69, 9.17) is 4.74 Å². The van der Waals surface area contributed by atoms with Crippen LogP contribution in [0.1, 0.15) is 28.7 Å². The lowest BCUT2D eigenvalue weighted by Crippen LogP contribution is -2.06. The van der Waals surface area contributed by atoms with E-state index in [1.807, 2.05) is 31.2 Å². The molecule has 0 fully saturated rings. The van der Waals surface area contributed by atoms with E-state index in [-0.39, 0.29) is 5.78 Å². The number of aryl methyl sites for hydroxylation is 3. The standard InChI is InChI=1S/C19H22O2/c1-14-5-4-6-16(11-14)8-9-18(20)13-17-12-15(2)7-10-19(17)21-3/h4-7,10-12H,8-9,13H2,1-3H3. The second-order valence-corrected chi connectivity index (χ2v) is 5.52. The van der Waals surface area contributed by atoms with Gasteiger partial charge in [-0.25, -0.2) is 0 Å². The lowest BCUT2D eigenvalue weighted by atomic mass is 10.00. The van der Waals surface area contributed by atoms with Gasteiger partial charge in [0, 0.05) is 18.4 Å². The Bertz CT molecular complexity index is 629. The van der Waals surface area contributed by atoms with Crippen molar-refractivity contribution in [1.82, 2.24) is 0 Å². The lowest BCUT2D eigenvalue weighted by molar-refractivity contribution is -0.118. The van der Waals surface area contributed by atoms with Crippen molar-refractivity contribution in [3.8, 4) is 5.75 Å². The molecule has 0 amide bonds. The van der Waals surface area contributed by atoms with Gasteiger partial charge in [-0.3, -0.25) is 4.79 Å². The summed E-state index contributed by atoms with van der Waals surface area (Å²) in [5, 5.41) is 0. The lowest BCUT2D eigenvalue weighted by Gasteiger charge is -2.09. The van der Waals surface area contributed by atoms with Crippen LogP contribution in [0.3, 0.4) is 0 Å². The predicted molar refractivity (Wildman–Crippen MR) is 85.9 cm³/mol. The Kier molecular flexibility index (Phi) is 5.15. The zero-order valence-electron chi connectivity index (χ0n) is 13.0. The molecule has 0 radical (unpaired) electrons. The topological polar surface area (TPSA) is 26.3 Å². The molecule has 0 N–H and O–H groups in total. The largest absolute Gasteiger partial charge is 0.496 e. The maximum atomic E-state index is 12.2. The Morgan fingerprint density at radius 2 is 1.81 bits per heavy atom. The quantitative estimate of drug-likeness (QED) is 0.798. The number of Topliss-reactive ketones (excluding diaryl/α,β-unsaturated/α-hetero) is 1. The van der Waals surface area contributed by atoms with Crippen molar-refractivity contribution >= 4 is 5.78 Å². The van der Waals surface area contributed by atoms with Gasteiger partial charge in [0.25, 0.3) is 0 Å². The van der Waals surface area contributed by atoms with Crippen LogP contribution in [0, 0.1) is 13.8 Å². The zero-order valence-corrected chi connectivity index (χ0v) is 13.0. The molecule has 0 saturated carbocycles. The van der Waals surface area contributed by atoms with E-state index in [2.05, 4.69) is 25.1 Å². The van der Waals surface area contributed by atoms with Crippen molar-refractivity contribution in [2.75, 3.05) is 7.11 Å². The van der Waals surface area contributed by atoms with Crippen LogP contribution in [0.2, 0.25) is 0 Å². The Morgan fingerprint density at radius 1 is 1.05 bits per heavy atom. The molecule has 2 rings (SSSR count).